The van der Waals surface area contributed by atoms with Crippen LogP contribution in [0.3, 0.4) is 0 Å². The van der Waals surface area contributed by atoms with Crippen LogP contribution < -0.4 is 5.32 Å². The van der Waals surface area contributed by atoms with Gasteiger partial charge in [-0.1, -0.05) is 16.7 Å². The van der Waals surface area contributed by atoms with Crippen LogP contribution in [0.2, 0.25) is 5.15 Å². The normalized spacial score (nSPS) is 10.3. The number of nitrogens with one attached hydrogen (secondary N) is 1. The summed E-state index contributed by atoms with van der Waals surface area (Å²) in [6.07, 6.45) is 1.50. The Bertz CT molecular complexity index is 571. The van der Waals surface area contributed by atoms with Crippen molar-refractivity contribution in [2.75, 3.05) is 5.32 Å². The molecule has 9 heteroatoms. The molecule has 0 fully saturated rings. The maximum atomic E-state index is 11.8. The molecule has 0 spiro atoms. The van der Waals surface area contributed by atoms with Crippen molar-refractivity contribution in [3.63, 3.8) is 0 Å². The number of halogens is 2. The zero-order valence-corrected chi connectivity index (χ0v) is 10.9. The Morgan fingerprint density at radius 2 is 2.35 bits per heavy atom. The van der Waals surface area contributed by atoms with E-state index in [9.17, 15) is 4.79 Å². The first-order chi connectivity index (χ1) is 8.06. The highest BCUT2D eigenvalue weighted by Crippen LogP contribution is 2.18. The van der Waals surface area contributed by atoms with Crippen LogP contribution in [0.4, 0.5) is 5.95 Å². The van der Waals surface area contributed by atoms with Gasteiger partial charge < -0.3 is 0 Å². The molecule has 0 aliphatic carbocycles. The topological polar surface area (TPSA) is 85.6 Å². The molecule has 2 aromatic rings. The van der Waals surface area contributed by atoms with Gasteiger partial charge in [0.05, 0.1) is 12.6 Å². The minimum Gasteiger partial charge on any atom is -0.288 e. The van der Waals surface area contributed by atoms with Crippen LogP contribution in [0.5, 0.6) is 0 Å². The van der Waals surface area contributed by atoms with Crippen molar-refractivity contribution < 1.29 is 4.79 Å². The Labute approximate surface area is 109 Å². The average molecular weight is 318 g/mol. The summed E-state index contributed by atoms with van der Waals surface area (Å²) in [5.74, 6) is -0.342. The number of hydrogen-bond donors (Lipinski definition) is 1. The molecule has 1 N–H and O–H groups in total. The Kier molecular flexibility index (Phi) is 3.34. The lowest BCUT2D eigenvalue weighted by Crippen LogP contribution is -2.14. The second kappa shape index (κ2) is 4.76. The summed E-state index contributed by atoms with van der Waals surface area (Å²) in [5, 5.41) is 13.6. The van der Waals surface area contributed by atoms with Gasteiger partial charge in [0.25, 0.3) is 11.9 Å². The molecular weight excluding hydrogens is 311 g/mol. The summed E-state index contributed by atoms with van der Waals surface area (Å²) in [4.78, 5) is 16.9. The van der Waals surface area contributed by atoms with Gasteiger partial charge in [-0.25, -0.2) is 4.98 Å². The first-order valence-electron chi connectivity index (χ1n) is 4.42. The van der Waals surface area contributed by atoms with Crippen molar-refractivity contribution in [1.29, 1.82) is 0 Å². The monoisotopic (exact) mass is 316 g/mol. The van der Waals surface area contributed by atoms with E-state index in [0.717, 1.165) is 0 Å². The molecule has 1 amide bonds. The molecule has 0 saturated carbocycles. The number of tetrazole rings is 1. The molecule has 2 aromatic heterocycles. The summed E-state index contributed by atoms with van der Waals surface area (Å²) in [5.41, 5.74) is 0.230. The number of aryl methyl sites for hydroxylation is 1. The van der Waals surface area contributed by atoms with E-state index in [1.165, 1.54) is 11.0 Å². The number of pyridine rings is 1. The fourth-order valence-electron chi connectivity index (χ4n) is 1.08. The van der Waals surface area contributed by atoms with Crippen molar-refractivity contribution in [1.82, 2.24) is 25.2 Å². The molecule has 2 rings (SSSR count). The van der Waals surface area contributed by atoms with Gasteiger partial charge in [0.1, 0.15) is 5.15 Å². The summed E-state index contributed by atoms with van der Waals surface area (Å²) in [6.45, 7) is 0. The molecule has 2 heterocycles. The molecule has 0 radical (unpaired) electrons. The standard InChI is InChI=1S/C8H6BrClN6O/c1-16-14-8(13-15-16)12-7(17)5-2-4(9)3-11-6(5)10/h2-3H,1H3,(H,12,14,17). The van der Waals surface area contributed by atoms with Crippen LogP contribution in [-0.4, -0.2) is 31.1 Å². The number of amides is 1. The summed E-state index contributed by atoms with van der Waals surface area (Å²) in [6, 6.07) is 1.56. The van der Waals surface area contributed by atoms with Gasteiger partial charge in [-0.3, -0.25) is 10.1 Å². The molecule has 17 heavy (non-hydrogen) atoms. The molecule has 7 nitrogen and oxygen atoms in total. The predicted molar refractivity (Wildman–Crippen MR) is 63.7 cm³/mol. The molecule has 0 aliphatic heterocycles. The van der Waals surface area contributed by atoms with Gasteiger partial charge in [0.15, 0.2) is 0 Å². The predicted octanol–water partition coefficient (Wildman–Crippen LogP) is 1.27. The van der Waals surface area contributed by atoms with Crippen LogP contribution in [0, 0.1) is 0 Å². The van der Waals surface area contributed by atoms with Gasteiger partial charge in [0, 0.05) is 10.7 Å². The molecular formula is C8H6BrClN6O. The summed E-state index contributed by atoms with van der Waals surface area (Å²) >= 11 is 9.01. The Morgan fingerprint density at radius 1 is 1.59 bits per heavy atom. The van der Waals surface area contributed by atoms with Crippen molar-refractivity contribution in [3.05, 3.63) is 27.5 Å². The van der Waals surface area contributed by atoms with Gasteiger partial charge in [0.2, 0.25) is 0 Å². The molecule has 0 aromatic carbocycles. The number of aromatic nitrogens is 5. The number of hydrogen-bond acceptors (Lipinski definition) is 5. The summed E-state index contributed by atoms with van der Waals surface area (Å²) < 4.78 is 0.652. The molecule has 0 saturated heterocycles. The second-order valence-electron chi connectivity index (χ2n) is 3.05. The smallest absolute Gasteiger partial charge is 0.270 e. The Balaban J connectivity index is 2.22. The largest absolute Gasteiger partial charge is 0.288 e. The highest BCUT2D eigenvalue weighted by Gasteiger charge is 2.14. The van der Waals surface area contributed by atoms with Crippen LogP contribution in [0.1, 0.15) is 10.4 Å². The first kappa shape index (κ1) is 11.9. The minimum atomic E-state index is -0.447. The van der Waals surface area contributed by atoms with E-state index in [1.807, 2.05) is 0 Å². The van der Waals surface area contributed by atoms with E-state index in [4.69, 9.17) is 11.6 Å². The molecule has 0 bridgehead atoms. The zero-order chi connectivity index (χ0) is 12.4. The van der Waals surface area contributed by atoms with Crippen LogP contribution >= 0.6 is 27.5 Å². The number of nitrogens with zero attached hydrogens (tertiary/aromatic N) is 5. The van der Waals surface area contributed by atoms with E-state index in [-0.39, 0.29) is 16.7 Å². The zero-order valence-electron chi connectivity index (χ0n) is 8.55. The SMILES string of the molecule is Cn1nnc(NC(=O)c2cc(Br)cnc2Cl)n1. The van der Waals surface area contributed by atoms with E-state index < -0.39 is 5.91 Å². The maximum Gasteiger partial charge on any atom is 0.270 e. The van der Waals surface area contributed by atoms with Gasteiger partial charge in [-0.2, -0.15) is 4.80 Å². The lowest BCUT2D eigenvalue weighted by molar-refractivity contribution is 0.102. The number of carbonyl (C=O) groups excluding carboxylic acids is 1. The third-order valence-electron chi connectivity index (χ3n) is 1.78. The molecule has 0 atom stereocenters. The maximum absolute atomic E-state index is 11.8. The second-order valence-corrected chi connectivity index (χ2v) is 4.32. The third-order valence-corrected chi connectivity index (χ3v) is 2.52. The van der Waals surface area contributed by atoms with Gasteiger partial charge in [-0.05, 0) is 27.2 Å². The van der Waals surface area contributed by atoms with E-state index >= 15 is 0 Å². The van der Waals surface area contributed by atoms with Crippen molar-refractivity contribution >= 4 is 39.4 Å². The van der Waals surface area contributed by atoms with Crippen LogP contribution in [0.25, 0.3) is 0 Å². The van der Waals surface area contributed by atoms with Crippen LogP contribution in [0.15, 0.2) is 16.7 Å². The van der Waals surface area contributed by atoms with E-state index in [0.29, 0.717) is 4.47 Å². The van der Waals surface area contributed by atoms with Crippen LogP contribution in [-0.2, 0) is 7.05 Å². The number of carbonyl (C=O) groups is 1. The number of rotatable bonds is 2. The minimum absolute atomic E-state index is 0.105. The lowest BCUT2D eigenvalue weighted by Gasteiger charge is -2.02. The molecule has 0 aliphatic rings. The highest BCUT2D eigenvalue weighted by molar-refractivity contribution is 9.10. The molecule has 88 valence electrons. The number of anilines is 1. The fraction of sp³-hybridized carbons (Fsp3) is 0.125. The van der Waals surface area contributed by atoms with Crippen molar-refractivity contribution in [2.24, 2.45) is 7.05 Å². The fourth-order valence-corrected chi connectivity index (χ4v) is 1.61. The van der Waals surface area contributed by atoms with Gasteiger partial charge in [-0.15, -0.1) is 5.10 Å². The average Bonchev–Trinajstić information content (AvgIpc) is 2.67. The Morgan fingerprint density at radius 3 is 3.00 bits per heavy atom. The lowest BCUT2D eigenvalue weighted by atomic mass is 10.3. The summed E-state index contributed by atoms with van der Waals surface area (Å²) in [7, 11) is 1.59. The van der Waals surface area contributed by atoms with Crippen molar-refractivity contribution in [3.8, 4) is 0 Å². The van der Waals surface area contributed by atoms with E-state index in [2.05, 4.69) is 41.6 Å². The quantitative estimate of drug-likeness (QED) is 0.843. The Hall–Kier alpha value is -1.54. The molecule has 0 unspecified atom stereocenters. The first-order valence-corrected chi connectivity index (χ1v) is 5.60. The highest BCUT2D eigenvalue weighted by atomic mass is 79.9. The van der Waals surface area contributed by atoms with E-state index in [1.54, 1.807) is 13.1 Å². The van der Waals surface area contributed by atoms with Crippen molar-refractivity contribution in [2.45, 2.75) is 0 Å². The third kappa shape index (κ3) is 2.77. The van der Waals surface area contributed by atoms with Gasteiger partial charge >= 0.3 is 0 Å².